The molecule has 0 radical (unpaired) electrons. The molecule has 0 saturated heterocycles. The Kier molecular flexibility index (Phi) is 6.20. The van der Waals surface area contributed by atoms with Crippen LogP contribution in [0.3, 0.4) is 0 Å². The van der Waals surface area contributed by atoms with Crippen molar-refractivity contribution in [2.75, 3.05) is 18.9 Å². The number of benzene rings is 2. The van der Waals surface area contributed by atoms with E-state index < -0.39 is 6.04 Å². The van der Waals surface area contributed by atoms with E-state index in [-0.39, 0.29) is 6.09 Å². The summed E-state index contributed by atoms with van der Waals surface area (Å²) in [5, 5.41) is 1.62. The molecule has 1 aliphatic rings. The topological polar surface area (TPSA) is 55.6 Å². The third-order valence-electron chi connectivity index (χ3n) is 4.46. The zero-order chi connectivity index (χ0) is 19.6. The van der Waals surface area contributed by atoms with Crippen LogP contribution in [0.25, 0.3) is 5.57 Å². The van der Waals surface area contributed by atoms with E-state index in [9.17, 15) is 4.79 Å². The molecular weight excluding hydrogens is 407 g/mol. The maximum atomic E-state index is 12.5. The number of anilines is 1. The fraction of sp³-hybridized carbons (Fsp3) is 0.250. The van der Waals surface area contributed by atoms with Crippen molar-refractivity contribution in [2.24, 2.45) is 0 Å². The van der Waals surface area contributed by atoms with E-state index in [2.05, 4.69) is 0 Å². The van der Waals surface area contributed by atoms with Gasteiger partial charge in [0.05, 0.1) is 12.6 Å². The minimum absolute atomic E-state index is 0.300. The molecule has 1 unspecified atom stereocenters. The van der Waals surface area contributed by atoms with Crippen LogP contribution in [0.2, 0.25) is 15.1 Å². The van der Waals surface area contributed by atoms with Crippen LogP contribution in [0.15, 0.2) is 42.5 Å². The van der Waals surface area contributed by atoms with Crippen molar-refractivity contribution in [1.29, 1.82) is 0 Å². The molecule has 2 N–H and O–H groups in total. The molecule has 142 valence electrons. The van der Waals surface area contributed by atoms with Crippen LogP contribution in [0.5, 0.6) is 0 Å². The van der Waals surface area contributed by atoms with Gasteiger partial charge in [-0.15, -0.1) is 0 Å². The lowest BCUT2D eigenvalue weighted by atomic mass is 9.91. The van der Waals surface area contributed by atoms with Crippen molar-refractivity contribution in [3.63, 3.8) is 0 Å². The number of hydrogen-bond acceptors (Lipinski definition) is 3. The predicted octanol–water partition coefficient (Wildman–Crippen LogP) is 6.22. The minimum atomic E-state index is -0.393. The zero-order valence-corrected chi connectivity index (χ0v) is 17.0. The molecule has 0 spiro atoms. The summed E-state index contributed by atoms with van der Waals surface area (Å²) in [6, 6.07) is 10.2. The summed E-state index contributed by atoms with van der Waals surface area (Å²) in [5.74, 6) is 0. The number of nitrogen functional groups attached to an aromatic ring is 1. The average Bonchev–Trinajstić information content (AvgIpc) is 2.63. The first-order valence-electron chi connectivity index (χ1n) is 8.55. The lowest BCUT2D eigenvalue weighted by Gasteiger charge is -2.34. The predicted molar refractivity (Wildman–Crippen MR) is 111 cm³/mol. The Labute approximate surface area is 173 Å². The molecule has 1 atom stereocenters. The normalized spacial score (nSPS) is 16.8. The van der Waals surface area contributed by atoms with Crippen LogP contribution in [-0.2, 0) is 4.74 Å². The van der Waals surface area contributed by atoms with Crippen molar-refractivity contribution in [3.05, 3.63) is 68.7 Å². The largest absolute Gasteiger partial charge is 0.450 e. The molecule has 1 amide bonds. The highest BCUT2D eigenvalue weighted by molar-refractivity contribution is 6.35. The highest BCUT2D eigenvalue weighted by Gasteiger charge is 2.30. The molecule has 0 saturated carbocycles. The summed E-state index contributed by atoms with van der Waals surface area (Å²) in [4.78, 5) is 14.1. The van der Waals surface area contributed by atoms with Gasteiger partial charge in [0.25, 0.3) is 0 Å². The molecule has 1 heterocycles. The van der Waals surface area contributed by atoms with Crippen molar-refractivity contribution in [3.8, 4) is 0 Å². The molecule has 3 rings (SSSR count). The van der Waals surface area contributed by atoms with Crippen molar-refractivity contribution < 1.29 is 9.53 Å². The Morgan fingerprint density at radius 2 is 1.89 bits per heavy atom. The molecule has 0 fully saturated rings. The maximum absolute atomic E-state index is 12.5. The summed E-state index contributed by atoms with van der Waals surface area (Å²) in [7, 11) is 0. The van der Waals surface area contributed by atoms with Crippen molar-refractivity contribution in [2.45, 2.75) is 19.4 Å². The Morgan fingerprint density at radius 1 is 1.19 bits per heavy atom. The van der Waals surface area contributed by atoms with Crippen molar-refractivity contribution >= 4 is 52.2 Å². The van der Waals surface area contributed by atoms with E-state index in [4.69, 9.17) is 45.3 Å². The third-order valence-corrected chi connectivity index (χ3v) is 5.26. The molecule has 7 heteroatoms. The first-order chi connectivity index (χ1) is 12.9. The van der Waals surface area contributed by atoms with Gasteiger partial charge in [-0.3, -0.25) is 4.90 Å². The van der Waals surface area contributed by atoms with E-state index >= 15 is 0 Å². The third kappa shape index (κ3) is 4.34. The first-order valence-corrected chi connectivity index (χ1v) is 9.68. The van der Waals surface area contributed by atoms with Gasteiger partial charge in [0.2, 0.25) is 0 Å². The molecule has 2 aromatic carbocycles. The molecule has 1 aliphatic heterocycles. The number of amides is 1. The summed E-state index contributed by atoms with van der Waals surface area (Å²) in [6.07, 6.45) is 2.23. The van der Waals surface area contributed by atoms with Gasteiger partial charge in [0.1, 0.15) is 0 Å². The van der Waals surface area contributed by atoms with Crippen LogP contribution in [-0.4, -0.2) is 24.1 Å². The molecular formula is C20H19Cl3N2O2. The second kappa shape index (κ2) is 8.42. The van der Waals surface area contributed by atoms with E-state index in [1.807, 2.05) is 18.2 Å². The summed E-state index contributed by atoms with van der Waals surface area (Å²) in [5.41, 5.74) is 9.42. The number of hydrogen-bond donors (Lipinski definition) is 1. The molecule has 27 heavy (non-hydrogen) atoms. The van der Waals surface area contributed by atoms with Gasteiger partial charge in [-0.2, -0.15) is 0 Å². The van der Waals surface area contributed by atoms with Crippen molar-refractivity contribution in [1.82, 2.24) is 4.90 Å². The maximum Gasteiger partial charge on any atom is 0.410 e. The number of carbonyl (C=O) groups is 1. The number of ether oxygens (including phenoxy) is 1. The average molecular weight is 426 g/mol. The van der Waals surface area contributed by atoms with Crippen LogP contribution in [0.4, 0.5) is 10.5 Å². The number of nitrogens with zero attached hydrogens (tertiary/aromatic N) is 1. The number of rotatable bonds is 3. The van der Waals surface area contributed by atoms with E-state index in [0.717, 1.165) is 16.7 Å². The highest BCUT2D eigenvalue weighted by atomic mass is 35.5. The molecule has 0 aliphatic carbocycles. The summed E-state index contributed by atoms with van der Waals surface area (Å²) in [6.45, 7) is 2.55. The Morgan fingerprint density at radius 3 is 2.59 bits per heavy atom. The van der Waals surface area contributed by atoms with E-state index in [1.165, 1.54) is 0 Å². The Hall–Kier alpha value is -1.88. The summed E-state index contributed by atoms with van der Waals surface area (Å²) < 4.78 is 5.22. The monoisotopic (exact) mass is 424 g/mol. The number of carbonyl (C=O) groups excluding carboxylic acids is 1. The van der Waals surface area contributed by atoms with Gasteiger partial charge < -0.3 is 10.5 Å². The second-order valence-corrected chi connectivity index (χ2v) is 7.46. The van der Waals surface area contributed by atoms with Gasteiger partial charge in [0, 0.05) is 32.9 Å². The fourth-order valence-electron chi connectivity index (χ4n) is 3.19. The zero-order valence-electron chi connectivity index (χ0n) is 14.7. The van der Waals surface area contributed by atoms with Crippen LogP contribution in [0.1, 0.15) is 30.5 Å². The molecule has 4 nitrogen and oxygen atoms in total. The van der Waals surface area contributed by atoms with Gasteiger partial charge in [-0.1, -0.05) is 46.9 Å². The second-order valence-electron chi connectivity index (χ2n) is 6.18. The standard InChI is InChI=1S/C20H19Cl3N2O2/c1-2-27-20(26)25-8-7-12(16-10-13(21)4-6-18(16)24)9-19(25)15-5-3-14(22)11-17(15)23/h3-6,9-11,19H,2,7-8,24H2,1H3. The lowest BCUT2D eigenvalue weighted by Crippen LogP contribution is -2.38. The van der Waals surface area contributed by atoms with E-state index in [0.29, 0.717) is 40.3 Å². The van der Waals surface area contributed by atoms with E-state index in [1.54, 1.807) is 36.1 Å². The number of halogens is 3. The SMILES string of the molecule is CCOC(=O)N1CCC(c2cc(Cl)ccc2N)=CC1c1ccc(Cl)cc1Cl. The molecule has 0 aromatic heterocycles. The quantitative estimate of drug-likeness (QED) is 0.594. The number of nitrogens with two attached hydrogens (primary N) is 1. The van der Waals surface area contributed by atoms with Crippen LogP contribution < -0.4 is 5.73 Å². The van der Waals surface area contributed by atoms with Crippen LogP contribution in [0, 0.1) is 0 Å². The Bertz CT molecular complexity index is 899. The minimum Gasteiger partial charge on any atom is -0.450 e. The lowest BCUT2D eigenvalue weighted by molar-refractivity contribution is 0.0968. The van der Waals surface area contributed by atoms with Crippen LogP contribution >= 0.6 is 34.8 Å². The first kappa shape index (κ1) is 19.9. The highest BCUT2D eigenvalue weighted by Crippen LogP contribution is 2.39. The Balaban J connectivity index is 2.08. The van der Waals surface area contributed by atoms with Gasteiger partial charge in [-0.25, -0.2) is 4.79 Å². The molecule has 2 aromatic rings. The summed E-state index contributed by atoms with van der Waals surface area (Å²) >= 11 is 18.6. The molecule has 0 bridgehead atoms. The van der Waals surface area contributed by atoms with Gasteiger partial charge in [0.15, 0.2) is 0 Å². The van der Waals surface area contributed by atoms with Gasteiger partial charge in [-0.05, 0) is 54.8 Å². The smallest absolute Gasteiger partial charge is 0.410 e. The fourth-order valence-corrected chi connectivity index (χ4v) is 3.88. The van der Waals surface area contributed by atoms with Gasteiger partial charge >= 0.3 is 6.09 Å².